The maximum absolute atomic E-state index is 12.2. The Hall–Kier alpha value is -0.870. The number of piperidine rings is 1. The van der Waals surface area contributed by atoms with E-state index in [2.05, 4.69) is 15.9 Å². The number of amides is 1. The second-order valence-corrected chi connectivity index (χ2v) is 5.37. The highest BCUT2D eigenvalue weighted by molar-refractivity contribution is 9.10. The van der Waals surface area contributed by atoms with E-state index in [1.54, 1.807) is 0 Å². The molecule has 0 spiro atoms. The number of likely N-dealkylation sites (tertiary alicyclic amines) is 1. The van der Waals surface area contributed by atoms with Crippen LogP contribution in [-0.2, 0) is 4.74 Å². The second kappa shape index (κ2) is 6.34. The summed E-state index contributed by atoms with van der Waals surface area (Å²) < 4.78 is 6.58. The van der Waals surface area contributed by atoms with Gasteiger partial charge < -0.3 is 9.64 Å². The molecular weight excluding hydrogens is 294 g/mol. The molecule has 1 fully saturated rings. The van der Waals surface area contributed by atoms with Crippen molar-refractivity contribution in [2.45, 2.75) is 25.9 Å². The number of hydrogen-bond donors (Lipinski definition) is 0. The highest BCUT2D eigenvalue weighted by Gasteiger charge is 2.23. The molecule has 1 aliphatic heterocycles. The van der Waals surface area contributed by atoms with Crippen LogP contribution in [-0.4, -0.2) is 36.6 Å². The first-order valence-corrected chi connectivity index (χ1v) is 7.16. The number of hydrogen-bond acceptors (Lipinski definition) is 2. The molecule has 1 heterocycles. The van der Waals surface area contributed by atoms with Gasteiger partial charge in [-0.1, -0.05) is 15.9 Å². The summed E-state index contributed by atoms with van der Waals surface area (Å²) in [4.78, 5) is 14.2. The fourth-order valence-corrected chi connectivity index (χ4v) is 2.50. The molecule has 1 aliphatic rings. The fraction of sp³-hybridized carbons (Fsp3) is 0.500. The van der Waals surface area contributed by atoms with Gasteiger partial charge in [0.05, 0.1) is 6.10 Å². The molecule has 2 rings (SSSR count). The Morgan fingerprint density at radius 3 is 2.50 bits per heavy atom. The summed E-state index contributed by atoms with van der Waals surface area (Å²) in [5.74, 6) is 0.123. The smallest absolute Gasteiger partial charge is 0.253 e. The Bertz CT molecular complexity index is 397. The van der Waals surface area contributed by atoms with Crippen LogP contribution < -0.4 is 0 Å². The number of benzene rings is 1. The molecule has 0 aliphatic carbocycles. The maximum atomic E-state index is 12.2. The molecule has 1 saturated heterocycles. The number of carbonyl (C=O) groups is 1. The first-order valence-electron chi connectivity index (χ1n) is 6.37. The molecule has 1 aromatic rings. The van der Waals surface area contributed by atoms with E-state index in [-0.39, 0.29) is 5.91 Å². The zero-order valence-corrected chi connectivity index (χ0v) is 12.1. The molecule has 18 heavy (non-hydrogen) atoms. The van der Waals surface area contributed by atoms with Crippen LogP contribution in [0.4, 0.5) is 0 Å². The number of rotatable bonds is 3. The van der Waals surface area contributed by atoms with Crippen LogP contribution in [0.5, 0.6) is 0 Å². The lowest BCUT2D eigenvalue weighted by atomic mass is 10.1. The summed E-state index contributed by atoms with van der Waals surface area (Å²) in [5.41, 5.74) is 0.757. The summed E-state index contributed by atoms with van der Waals surface area (Å²) in [5, 5.41) is 0. The first-order chi connectivity index (χ1) is 8.70. The minimum atomic E-state index is 0.123. The lowest BCUT2D eigenvalue weighted by Crippen LogP contribution is -2.40. The van der Waals surface area contributed by atoms with Crippen molar-refractivity contribution in [3.05, 3.63) is 34.3 Å². The molecular formula is C14H18BrNO2. The minimum absolute atomic E-state index is 0.123. The van der Waals surface area contributed by atoms with Gasteiger partial charge in [0.1, 0.15) is 0 Å². The quantitative estimate of drug-likeness (QED) is 0.858. The van der Waals surface area contributed by atoms with Gasteiger partial charge in [-0.3, -0.25) is 4.79 Å². The van der Waals surface area contributed by atoms with Gasteiger partial charge in [0.15, 0.2) is 0 Å². The van der Waals surface area contributed by atoms with E-state index in [1.165, 1.54) is 0 Å². The molecule has 0 N–H and O–H groups in total. The van der Waals surface area contributed by atoms with Crippen molar-refractivity contribution >= 4 is 21.8 Å². The summed E-state index contributed by atoms with van der Waals surface area (Å²) in [6, 6.07) is 7.53. The standard InChI is InChI=1S/C14H18BrNO2/c1-2-18-13-7-9-16(10-8-13)14(17)11-3-5-12(15)6-4-11/h3-6,13H,2,7-10H2,1H3. The molecule has 1 amide bonds. The lowest BCUT2D eigenvalue weighted by molar-refractivity contribution is 0.0146. The van der Waals surface area contributed by atoms with Crippen molar-refractivity contribution < 1.29 is 9.53 Å². The minimum Gasteiger partial charge on any atom is -0.378 e. The van der Waals surface area contributed by atoms with Gasteiger partial charge in [-0.05, 0) is 44.0 Å². The molecule has 0 aromatic heterocycles. The average molecular weight is 312 g/mol. The fourth-order valence-electron chi connectivity index (χ4n) is 2.24. The summed E-state index contributed by atoms with van der Waals surface area (Å²) in [6.45, 7) is 4.35. The third-order valence-electron chi connectivity index (χ3n) is 3.22. The third-order valence-corrected chi connectivity index (χ3v) is 3.75. The molecule has 98 valence electrons. The highest BCUT2D eigenvalue weighted by Crippen LogP contribution is 2.17. The highest BCUT2D eigenvalue weighted by atomic mass is 79.9. The van der Waals surface area contributed by atoms with Crippen LogP contribution in [0.1, 0.15) is 30.1 Å². The van der Waals surface area contributed by atoms with Crippen LogP contribution in [0, 0.1) is 0 Å². The third kappa shape index (κ3) is 3.33. The topological polar surface area (TPSA) is 29.5 Å². The SMILES string of the molecule is CCOC1CCN(C(=O)c2ccc(Br)cc2)CC1. The molecule has 0 atom stereocenters. The zero-order chi connectivity index (χ0) is 13.0. The molecule has 0 bridgehead atoms. The molecule has 4 heteroatoms. The summed E-state index contributed by atoms with van der Waals surface area (Å²) >= 11 is 3.37. The van der Waals surface area contributed by atoms with E-state index in [0.717, 1.165) is 42.6 Å². The predicted octanol–water partition coefficient (Wildman–Crippen LogP) is 3.09. The molecule has 0 radical (unpaired) electrons. The number of halogens is 1. The number of carbonyl (C=O) groups excluding carboxylic acids is 1. The Morgan fingerprint density at radius 1 is 1.33 bits per heavy atom. The van der Waals surface area contributed by atoms with E-state index in [1.807, 2.05) is 36.1 Å². The largest absolute Gasteiger partial charge is 0.378 e. The Labute approximate surface area is 116 Å². The zero-order valence-electron chi connectivity index (χ0n) is 10.6. The molecule has 3 nitrogen and oxygen atoms in total. The molecule has 0 saturated carbocycles. The predicted molar refractivity (Wildman–Crippen MR) is 74.7 cm³/mol. The van der Waals surface area contributed by atoms with Gasteiger partial charge in [0.2, 0.25) is 0 Å². The monoisotopic (exact) mass is 311 g/mol. The molecule has 1 aromatic carbocycles. The van der Waals surface area contributed by atoms with E-state index >= 15 is 0 Å². The first kappa shape index (κ1) is 13.6. The van der Waals surface area contributed by atoms with Gasteiger partial charge in [-0.25, -0.2) is 0 Å². The normalized spacial score (nSPS) is 16.9. The van der Waals surface area contributed by atoms with Gasteiger partial charge >= 0.3 is 0 Å². The van der Waals surface area contributed by atoms with Gasteiger partial charge in [0, 0.05) is 29.7 Å². The lowest BCUT2D eigenvalue weighted by Gasteiger charge is -2.31. The number of nitrogens with zero attached hydrogens (tertiary/aromatic N) is 1. The van der Waals surface area contributed by atoms with Gasteiger partial charge in [-0.15, -0.1) is 0 Å². The van der Waals surface area contributed by atoms with E-state index in [9.17, 15) is 4.79 Å². The summed E-state index contributed by atoms with van der Waals surface area (Å²) in [6.07, 6.45) is 2.20. The van der Waals surface area contributed by atoms with Crippen molar-refractivity contribution in [1.82, 2.24) is 4.90 Å². The van der Waals surface area contributed by atoms with Crippen LogP contribution in [0.2, 0.25) is 0 Å². The van der Waals surface area contributed by atoms with Crippen molar-refractivity contribution in [3.8, 4) is 0 Å². The average Bonchev–Trinajstić information content (AvgIpc) is 2.40. The van der Waals surface area contributed by atoms with E-state index in [4.69, 9.17) is 4.74 Å². The Kier molecular flexibility index (Phi) is 4.78. The van der Waals surface area contributed by atoms with E-state index in [0.29, 0.717) is 6.10 Å². The van der Waals surface area contributed by atoms with Crippen LogP contribution in [0.25, 0.3) is 0 Å². The van der Waals surface area contributed by atoms with Crippen molar-refractivity contribution in [2.75, 3.05) is 19.7 Å². The van der Waals surface area contributed by atoms with Gasteiger partial charge in [-0.2, -0.15) is 0 Å². The van der Waals surface area contributed by atoms with Crippen LogP contribution in [0.15, 0.2) is 28.7 Å². The molecule has 0 unspecified atom stereocenters. The van der Waals surface area contributed by atoms with Crippen molar-refractivity contribution in [3.63, 3.8) is 0 Å². The van der Waals surface area contributed by atoms with Crippen molar-refractivity contribution in [1.29, 1.82) is 0 Å². The van der Waals surface area contributed by atoms with Crippen molar-refractivity contribution in [2.24, 2.45) is 0 Å². The van der Waals surface area contributed by atoms with Crippen LogP contribution >= 0.6 is 15.9 Å². The maximum Gasteiger partial charge on any atom is 0.253 e. The Balaban J connectivity index is 1.93. The van der Waals surface area contributed by atoms with E-state index < -0.39 is 0 Å². The van der Waals surface area contributed by atoms with Gasteiger partial charge in [0.25, 0.3) is 5.91 Å². The number of ether oxygens (including phenoxy) is 1. The second-order valence-electron chi connectivity index (χ2n) is 4.45. The van der Waals surface area contributed by atoms with Crippen LogP contribution in [0.3, 0.4) is 0 Å². The Morgan fingerprint density at radius 2 is 1.94 bits per heavy atom. The summed E-state index contributed by atoms with van der Waals surface area (Å²) in [7, 11) is 0.